The van der Waals surface area contributed by atoms with Crippen LogP contribution in [0.5, 0.6) is 0 Å². The van der Waals surface area contributed by atoms with E-state index in [1.54, 1.807) is 12.3 Å². The third-order valence-corrected chi connectivity index (χ3v) is 4.02. The third-order valence-electron chi connectivity index (χ3n) is 3.80. The number of carbonyl (C=O) groups excluding carboxylic acids is 1. The average molecular weight is 307 g/mol. The van der Waals surface area contributed by atoms with Crippen LogP contribution in [0.3, 0.4) is 0 Å². The molecule has 2 bridgehead atoms. The molecule has 2 atom stereocenters. The Morgan fingerprint density at radius 1 is 1.43 bits per heavy atom. The van der Waals surface area contributed by atoms with Gasteiger partial charge in [0, 0.05) is 12.7 Å². The molecule has 0 aromatic carbocycles. The molecule has 1 aromatic rings. The first kappa shape index (κ1) is 14.4. The Balaban J connectivity index is 1.79. The Morgan fingerprint density at radius 3 is 2.76 bits per heavy atom. The molecule has 1 aliphatic carbocycles. The second-order valence-electron chi connectivity index (χ2n) is 6.64. The second-order valence-corrected chi connectivity index (χ2v) is 7.02. The molecule has 112 valence electrons. The van der Waals surface area contributed by atoms with Crippen molar-refractivity contribution in [3.05, 3.63) is 35.1 Å². The number of nitrogens with zero attached hydrogens (tertiary/aromatic N) is 2. The van der Waals surface area contributed by atoms with Gasteiger partial charge in [-0.05, 0) is 50.3 Å². The van der Waals surface area contributed by atoms with Gasteiger partial charge in [0.1, 0.15) is 10.8 Å². The predicted octanol–water partition coefficient (Wildman–Crippen LogP) is 3.76. The molecular formula is C16H19ClN2O2. The van der Waals surface area contributed by atoms with E-state index >= 15 is 0 Å². The summed E-state index contributed by atoms with van der Waals surface area (Å²) in [5.41, 5.74) is 1.71. The van der Waals surface area contributed by atoms with Crippen molar-refractivity contribution in [2.45, 2.75) is 38.8 Å². The zero-order chi connectivity index (χ0) is 15.2. The quantitative estimate of drug-likeness (QED) is 0.742. The summed E-state index contributed by atoms with van der Waals surface area (Å²) < 4.78 is 5.50. The van der Waals surface area contributed by atoms with Crippen LogP contribution < -0.4 is 0 Å². The second kappa shape index (κ2) is 5.02. The monoisotopic (exact) mass is 306 g/mol. The van der Waals surface area contributed by atoms with Crippen LogP contribution in [0.15, 0.2) is 24.4 Å². The van der Waals surface area contributed by atoms with Crippen molar-refractivity contribution in [3.8, 4) is 0 Å². The maximum atomic E-state index is 12.3. The lowest BCUT2D eigenvalue weighted by Crippen LogP contribution is -2.41. The number of hydrogen-bond acceptors (Lipinski definition) is 3. The Kier molecular flexibility index (Phi) is 3.44. The van der Waals surface area contributed by atoms with Crippen LogP contribution in [0, 0.1) is 5.92 Å². The number of pyridine rings is 1. The zero-order valence-electron chi connectivity index (χ0n) is 12.5. The van der Waals surface area contributed by atoms with Crippen molar-refractivity contribution < 1.29 is 9.53 Å². The summed E-state index contributed by atoms with van der Waals surface area (Å²) in [6.07, 6.45) is 4.75. The van der Waals surface area contributed by atoms with Crippen molar-refractivity contribution in [2.75, 3.05) is 6.54 Å². The normalized spacial score (nSPS) is 24.2. The maximum Gasteiger partial charge on any atom is 0.410 e. The molecule has 0 saturated carbocycles. The number of rotatable bonds is 1. The molecule has 0 radical (unpaired) electrons. The molecule has 2 heterocycles. The van der Waals surface area contributed by atoms with Gasteiger partial charge >= 0.3 is 6.09 Å². The van der Waals surface area contributed by atoms with E-state index in [-0.39, 0.29) is 12.1 Å². The number of hydrogen-bond donors (Lipinski definition) is 0. The predicted molar refractivity (Wildman–Crippen MR) is 82.1 cm³/mol. The molecule has 1 amide bonds. The molecule has 3 rings (SSSR count). The summed E-state index contributed by atoms with van der Waals surface area (Å²) >= 11 is 5.83. The first-order valence-electron chi connectivity index (χ1n) is 7.17. The molecule has 21 heavy (non-hydrogen) atoms. The van der Waals surface area contributed by atoms with Gasteiger partial charge in [0.2, 0.25) is 0 Å². The minimum absolute atomic E-state index is 0.0906. The molecule has 0 spiro atoms. The fourth-order valence-electron chi connectivity index (χ4n) is 3.01. The first-order chi connectivity index (χ1) is 9.83. The van der Waals surface area contributed by atoms with Crippen LogP contribution in [0.2, 0.25) is 5.15 Å². The summed E-state index contributed by atoms with van der Waals surface area (Å²) in [5.74, 6) is 0.410. The van der Waals surface area contributed by atoms with Crippen LogP contribution >= 0.6 is 11.6 Å². The highest BCUT2D eigenvalue weighted by Gasteiger charge is 2.43. The number of aromatic nitrogens is 1. The molecule has 1 aliphatic heterocycles. The van der Waals surface area contributed by atoms with Gasteiger partial charge in [-0.1, -0.05) is 23.7 Å². The molecule has 0 N–H and O–H groups in total. The fraction of sp³-hybridized carbons (Fsp3) is 0.500. The largest absolute Gasteiger partial charge is 0.444 e. The zero-order valence-corrected chi connectivity index (χ0v) is 13.2. The minimum Gasteiger partial charge on any atom is -0.444 e. The molecule has 1 fully saturated rings. The van der Waals surface area contributed by atoms with Gasteiger partial charge in [0.25, 0.3) is 0 Å². The van der Waals surface area contributed by atoms with E-state index in [9.17, 15) is 4.79 Å². The Morgan fingerprint density at radius 2 is 2.19 bits per heavy atom. The number of ether oxygens (including phenoxy) is 1. The lowest BCUT2D eigenvalue weighted by molar-refractivity contribution is 0.0253. The van der Waals surface area contributed by atoms with Gasteiger partial charge in [0.15, 0.2) is 0 Å². The van der Waals surface area contributed by atoms with E-state index in [0.29, 0.717) is 11.1 Å². The highest BCUT2D eigenvalue weighted by Crippen LogP contribution is 2.42. The van der Waals surface area contributed by atoms with Crippen molar-refractivity contribution in [1.82, 2.24) is 9.88 Å². The molecule has 4 nitrogen and oxygen atoms in total. The van der Waals surface area contributed by atoms with E-state index < -0.39 is 5.60 Å². The summed E-state index contributed by atoms with van der Waals surface area (Å²) in [6, 6.07) is 3.82. The summed E-state index contributed by atoms with van der Waals surface area (Å²) in [7, 11) is 0. The number of carbonyl (C=O) groups is 1. The van der Waals surface area contributed by atoms with Crippen LogP contribution in [-0.4, -0.2) is 34.2 Å². The first-order valence-corrected chi connectivity index (χ1v) is 7.54. The van der Waals surface area contributed by atoms with Crippen molar-refractivity contribution in [1.29, 1.82) is 0 Å². The molecule has 1 saturated heterocycles. The molecular weight excluding hydrogens is 288 g/mol. The fourth-order valence-corrected chi connectivity index (χ4v) is 3.12. The summed E-state index contributed by atoms with van der Waals surface area (Å²) in [6.45, 7) is 6.40. The highest BCUT2D eigenvalue weighted by molar-refractivity contribution is 6.29. The van der Waals surface area contributed by atoms with Crippen LogP contribution in [-0.2, 0) is 4.74 Å². The molecule has 1 aromatic heterocycles. The summed E-state index contributed by atoms with van der Waals surface area (Å²) in [5, 5.41) is 0.478. The SMILES string of the molecule is CC(C)(C)OC(=O)N1CC2C=C(c3ccc(Cl)nc3)C1C2. The van der Waals surface area contributed by atoms with Crippen LogP contribution in [0.4, 0.5) is 4.79 Å². The van der Waals surface area contributed by atoms with Gasteiger partial charge in [0.05, 0.1) is 6.04 Å². The lowest BCUT2D eigenvalue weighted by atomic mass is 10.0. The number of fused-ring (bicyclic) bond motifs is 2. The molecule has 2 unspecified atom stereocenters. The van der Waals surface area contributed by atoms with Gasteiger partial charge in [-0.15, -0.1) is 0 Å². The van der Waals surface area contributed by atoms with Crippen molar-refractivity contribution >= 4 is 23.3 Å². The van der Waals surface area contributed by atoms with E-state index in [1.165, 1.54) is 0 Å². The van der Waals surface area contributed by atoms with E-state index in [1.807, 2.05) is 31.7 Å². The van der Waals surface area contributed by atoms with Crippen molar-refractivity contribution in [3.63, 3.8) is 0 Å². The number of likely N-dealkylation sites (tertiary alicyclic amines) is 1. The lowest BCUT2D eigenvalue weighted by Gasteiger charge is -2.31. The van der Waals surface area contributed by atoms with Crippen LogP contribution in [0.25, 0.3) is 5.57 Å². The van der Waals surface area contributed by atoms with Gasteiger partial charge in [-0.2, -0.15) is 0 Å². The Hall–Kier alpha value is -1.55. The minimum atomic E-state index is -0.468. The standard InChI is InChI=1S/C16H19ClN2O2/c1-16(2,3)21-15(20)19-9-10-6-12(13(19)7-10)11-4-5-14(17)18-8-11/h4-6,8,10,13H,7,9H2,1-3H3. The molecule has 2 aliphatic rings. The summed E-state index contributed by atoms with van der Waals surface area (Å²) in [4.78, 5) is 18.3. The topological polar surface area (TPSA) is 42.4 Å². The number of halogens is 1. The van der Waals surface area contributed by atoms with Gasteiger partial charge in [-0.3, -0.25) is 0 Å². The third kappa shape index (κ3) is 2.91. The average Bonchev–Trinajstić information content (AvgIpc) is 2.97. The van der Waals surface area contributed by atoms with Gasteiger partial charge < -0.3 is 9.64 Å². The Labute approximate surface area is 129 Å². The van der Waals surface area contributed by atoms with E-state index in [4.69, 9.17) is 16.3 Å². The molecule has 5 heteroatoms. The van der Waals surface area contributed by atoms with Crippen molar-refractivity contribution in [2.24, 2.45) is 5.92 Å². The highest BCUT2D eigenvalue weighted by atomic mass is 35.5. The Bertz CT molecular complexity index is 589. The van der Waals surface area contributed by atoms with Crippen LogP contribution in [0.1, 0.15) is 32.8 Å². The maximum absolute atomic E-state index is 12.3. The van der Waals surface area contributed by atoms with E-state index in [2.05, 4.69) is 11.1 Å². The smallest absolute Gasteiger partial charge is 0.410 e. The number of amides is 1. The van der Waals surface area contributed by atoms with E-state index in [0.717, 1.165) is 24.1 Å². The van der Waals surface area contributed by atoms with Gasteiger partial charge in [-0.25, -0.2) is 9.78 Å².